The molecular weight excluding hydrogens is 253 g/mol. The number of carbonyl (C=O) groups is 1. The molecule has 3 heteroatoms. The predicted molar refractivity (Wildman–Crippen MR) is 75.5 cm³/mol. The number of aryl methyl sites for hydroxylation is 1. The highest BCUT2D eigenvalue weighted by atomic mass is 19.1. The Hall–Kier alpha value is -1.69. The smallest absolute Gasteiger partial charge is 0.158 e. The van der Waals surface area contributed by atoms with Crippen LogP contribution in [0.4, 0.5) is 4.39 Å². The van der Waals surface area contributed by atoms with Gasteiger partial charge < -0.3 is 0 Å². The SMILES string of the molecule is Cc1cc(F)ccc1CC1(C#N)CCCC(C)(C)C1=O. The summed E-state index contributed by atoms with van der Waals surface area (Å²) in [4.78, 5) is 12.7. The lowest BCUT2D eigenvalue weighted by Crippen LogP contribution is -2.45. The molecule has 1 aliphatic rings. The van der Waals surface area contributed by atoms with Gasteiger partial charge in [-0.05, 0) is 49.4 Å². The van der Waals surface area contributed by atoms with Crippen LogP contribution in [-0.2, 0) is 11.2 Å². The van der Waals surface area contributed by atoms with Crippen molar-refractivity contribution < 1.29 is 9.18 Å². The van der Waals surface area contributed by atoms with Gasteiger partial charge in [0.2, 0.25) is 0 Å². The quantitative estimate of drug-likeness (QED) is 0.818. The topological polar surface area (TPSA) is 40.9 Å². The van der Waals surface area contributed by atoms with E-state index in [0.29, 0.717) is 12.8 Å². The van der Waals surface area contributed by atoms with Gasteiger partial charge in [0, 0.05) is 5.41 Å². The van der Waals surface area contributed by atoms with Crippen molar-refractivity contribution in [3.63, 3.8) is 0 Å². The average Bonchev–Trinajstić information content (AvgIpc) is 2.38. The molecule has 2 nitrogen and oxygen atoms in total. The number of halogens is 1. The van der Waals surface area contributed by atoms with E-state index in [-0.39, 0.29) is 11.6 Å². The van der Waals surface area contributed by atoms with Crippen LogP contribution in [0.25, 0.3) is 0 Å². The van der Waals surface area contributed by atoms with Crippen molar-refractivity contribution in [2.24, 2.45) is 10.8 Å². The predicted octanol–water partition coefficient (Wildman–Crippen LogP) is 3.97. The van der Waals surface area contributed by atoms with Gasteiger partial charge in [0.15, 0.2) is 5.78 Å². The molecule has 0 spiro atoms. The number of nitriles is 1. The normalized spacial score (nSPS) is 25.2. The van der Waals surface area contributed by atoms with E-state index in [4.69, 9.17) is 0 Å². The van der Waals surface area contributed by atoms with Crippen LogP contribution >= 0.6 is 0 Å². The molecule has 1 aromatic rings. The average molecular weight is 273 g/mol. The minimum atomic E-state index is -0.954. The fourth-order valence-electron chi connectivity index (χ4n) is 3.20. The van der Waals surface area contributed by atoms with Crippen molar-refractivity contribution in [2.45, 2.75) is 46.5 Å². The molecule has 20 heavy (non-hydrogen) atoms. The third-order valence-corrected chi connectivity index (χ3v) is 4.47. The second kappa shape index (κ2) is 5.01. The van der Waals surface area contributed by atoms with Gasteiger partial charge in [-0.15, -0.1) is 0 Å². The Morgan fingerprint density at radius 1 is 1.35 bits per heavy atom. The Labute approximate surface area is 119 Å². The van der Waals surface area contributed by atoms with Gasteiger partial charge in [-0.2, -0.15) is 5.26 Å². The molecule has 0 heterocycles. The van der Waals surface area contributed by atoms with E-state index in [1.807, 2.05) is 20.8 Å². The van der Waals surface area contributed by atoms with Gasteiger partial charge in [0.1, 0.15) is 11.2 Å². The first-order chi connectivity index (χ1) is 9.31. The Bertz CT molecular complexity index is 585. The van der Waals surface area contributed by atoms with E-state index < -0.39 is 10.8 Å². The Kier molecular flexibility index (Phi) is 3.69. The molecule has 0 amide bonds. The van der Waals surface area contributed by atoms with Crippen molar-refractivity contribution >= 4 is 5.78 Å². The van der Waals surface area contributed by atoms with Gasteiger partial charge in [-0.3, -0.25) is 4.79 Å². The summed E-state index contributed by atoms with van der Waals surface area (Å²) in [7, 11) is 0. The van der Waals surface area contributed by atoms with E-state index in [1.165, 1.54) is 12.1 Å². The van der Waals surface area contributed by atoms with Gasteiger partial charge in [-0.1, -0.05) is 26.3 Å². The van der Waals surface area contributed by atoms with E-state index in [1.54, 1.807) is 6.07 Å². The van der Waals surface area contributed by atoms with Crippen LogP contribution in [0.5, 0.6) is 0 Å². The second-order valence-corrected chi connectivity index (χ2v) is 6.51. The maximum Gasteiger partial charge on any atom is 0.158 e. The number of nitrogens with zero attached hydrogens (tertiary/aromatic N) is 1. The van der Waals surface area contributed by atoms with E-state index in [2.05, 4.69) is 6.07 Å². The van der Waals surface area contributed by atoms with Crippen molar-refractivity contribution in [1.29, 1.82) is 5.26 Å². The number of carbonyl (C=O) groups excluding carboxylic acids is 1. The summed E-state index contributed by atoms with van der Waals surface area (Å²) in [5.41, 5.74) is 0.293. The first kappa shape index (κ1) is 14.7. The fraction of sp³-hybridized carbons (Fsp3) is 0.529. The molecule has 2 rings (SSSR count). The minimum Gasteiger partial charge on any atom is -0.297 e. The van der Waals surface area contributed by atoms with Crippen LogP contribution in [0.2, 0.25) is 0 Å². The maximum atomic E-state index is 13.2. The van der Waals surface area contributed by atoms with E-state index >= 15 is 0 Å². The molecule has 0 bridgehead atoms. The van der Waals surface area contributed by atoms with E-state index in [9.17, 15) is 14.4 Å². The first-order valence-corrected chi connectivity index (χ1v) is 7.02. The zero-order valence-corrected chi connectivity index (χ0v) is 12.3. The number of hydrogen-bond acceptors (Lipinski definition) is 2. The molecule has 1 fully saturated rings. The van der Waals surface area contributed by atoms with Crippen LogP contribution in [0.15, 0.2) is 18.2 Å². The summed E-state index contributed by atoms with van der Waals surface area (Å²) in [6.45, 7) is 5.65. The monoisotopic (exact) mass is 273 g/mol. The summed E-state index contributed by atoms with van der Waals surface area (Å²) >= 11 is 0. The first-order valence-electron chi connectivity index (χ1n) is 7.02. The van der Waals surface area contributed by atoms with Crippen LogP contribution in [0.3, 0.4) is 0 Å². The van der Waals surface area contributed by atoms with Crippen molar-refractivity contribution in [3.05, 3.63) is 35.1 Å². The lowest BCUT2D eigenvalue weighted by atomic mass is 9.61. The number of hydrogen-bond donors (Lipinski definition) is 0. The molecule has 1 atom stereocenters. The third kappa shape index (κ3) is 2.47. The molecule has 0 saturated heterocycles. The van der Waals surface area contributed by atoms with Crippen LogP contribution in [0, 0.1) is 34.9 Å². The highest BCUT2D eigenvalue weighted by molar-refractivity contribution is 5.93. The molecule has 1 aromatic carbocycles. The van der Waals surface area contributed by atoms with Crippen molar-refractivity contribution in [2.75, 3.05) is 0 Å². The highest BCUT2D eigenvalue weighted by Crippen LogP contribution is 2.44. The number of ketones is 1. The summed E-state index contributed by atoms with van der Waals surface area (Å²) in [6.07, 6.45) is 2.70. The third-order valence-electron chi connectivity index (χ3n) is 4.47. The fourth-order valence-corrected chi connectivity index (χ4v) is 3.20. The maximum absolute atomic E-state index is 13.2. The Morgan fingerprint density at radius 3 is 2.65 bits per heavy atom. The standard InChI is InChI=1S/C17H20FNO/c1-12-9-14(18)6-5-13(12)10-17(11-19)8-4-7-16(2,3)15(17)20/h5-6,9H,4,7-8,10H2,1-3H3. The lowest BCUT2D eigenvalue weighted by molar-refractivity contribution is -0.138. The zero-order valence-electron chi connectivity index (χ0n) is 12.3. The molecule has 0 aliphatic heterocycles. The van der Waals surface area contributed by atoms with Crippen LogP contribution in [-0.4, -0.2) is 5.78 Å². The van der Waals surface area contributed by atoms with Gasteiger partial charge in [-0.25, -0.2) is 4.39 Å². The van der Waals surface area contributed by atoms with Gasteiger partial charge in [0.05, 0.1) is 6.07 Å². The number of benzene rings is 1. The zero-order chi connectivity index (χ0) is 15.0. The molecule has 0 radical (unpaired) electrons. The van der Waals surface area contributed by atoms with Crippen molar-refractivity contribution in [3.8, 4) is 6.07 Å². The molecule has 106 valence electrons. The number of Topliss-reactive ketones (excluding diaryl/α,β-unsaturated/α-hetero) is 1. The van der Waals surface area contributed by atoms with Crippen molar-refractivity contribution in [1.82, 2.24) is 0 Å². The van der Waals surface area contributed by atoms with Gasteiger partial charge in [0.25, 0.3) is 0 Å². The molecule has 1 saturated carbocycles. The minimum absolute atomic E-state index is 0.0301. The van der Waals surface area contributed by atoms with Gasteiger partial charge >= 0.3 is 0 Å². The summed E-state index contributed by atoms with van der Waals surface area (Å²) < 4.78 is 13.2. The molecular formula is C17H20FNO. The summed E-state index contributed by atoms with van der Waals surface area (Å²) in [5, 5.41) is 9.61. The molecule has 0 N–H and O–H groups in total. The number of rotatable bonds is 2. The lowest BCUT2D eigenvalue weighted by Gasteiger charge is -2.39. The summed E-state index contributed by atoms with van der Waals surface area (Å²) in [6, 6.07) is 6.81. The molecule has 1 aliphatic carbocycles. The highest BCUT2D eigenvalue weighted by Gasteiger charge is 2.49. The Morgan fingerprint density at radius 2 is 2.05 bits per heavy atom. The molecule has 1 unspecified atom stereocenters. The second-order valence-electron chi connectivity index (χ2n) is 6.51. The summed E-state index contributed by atoms with van der Waals surface area (Å²) in [5.74, 6) is -0.255. The largest absolute Gasteiger partial charge is 0.297 e. The Balaban J connectivity index is 2.38. The van der Waals surface area contributed by atoms with Crippen LogP contribution in [0.1, 0.15) is 44.2 Å². The van der Waals surface area contributed by atoms with E-state index in [0.717, 1.165) is 24.0 Å². The van der Waals surface area contributed by atoms with Crippen LogP contribution < -0.4 is 0 Å². The molecule has 0 aromatic heterocycles.